The van der Waals surface area contributed by atoms with E-state index < -0.39 is 5.82 Å². The van der Waals surface area contributed by atoms with Crippen molar-refractivity contribution in [2.75, 3.05) is 5.32 Å². The van der Waals surface area contributed by atoms with Crippen molar-refractivity contribution >= 4 is 11.5 Å². The third-order valence-electron chi connectivity index (χ3n) is 2.44. The number of hydrogen-bond donors (Lipinski definition) is 1. The number of anilines is 1. The molecular weight excluding hydrogens is 248 g/mol. The zero-order chi connectivity index (χ0) is 13.7. The molecule has 0 saturated heterocycles. The minimum absolute atomic E-state index is 0.260. The molecule has 96 valence electrons. The van der Waals surface area contributed by atoms with Gasteiger partial charge >= 0.3 is 0 Å². The van der Waals surface area contributed by atoms with Gasteiger partial charge in [-0.25, -0.2) is 8.78 Å². The lowest BCUT2D eigenvalue weighted by Crippen LogP contribution is -1.96. The lowest BCUT2D eigenvalue weighted by molar-refractivity contribution is 0.104. The maximum Gasteiger partial charge on any atom is 0.187 e. The van der Waals surface area contributed by atoms with E-state index >= 15 is 0 Å². The summed E-state index contributed by atoms with van der Waals surface area (Å²) in [6.07, 6.45) is 2.72. The molecular formula is C15H11F2NO. The molecule has 2 aromatic carbocycles. The van der Waals surface area contributed by atoms with Crippen molar-refractivity contribution < 1.29 is 13.6 Å². The highest BCUT2D eigenvalue weighted by Crippen LogP contribution is 2.09. The molecule has 4 heteroatoms. The summed E-state index contributed by atoms with van der Waals surface area (Å²) in [6, 6.07) is 11.1. The molecule has 2 nitrogen and oxygen atoms in total. The summed E-state index contributed by atoms with van der Waals surface area (Å²) in [7, 11) is 0. The molecule has 1 N–H and O–H groups in total. The first kappa shape index (κ1) is 13.0. The van der Waals surface area contributed by atoms with Crippen molar-refractivity contribution in [2.24, 2.45) is 0 Å². The van der Waals surface area contributed by atoms with E-state index in [0.717, 1.165) is 0 Å². The van der Waals surface area contributed by atoms with Crippen molar-refractivity contribution in [3.8, 4) is 0 Å². The van der Waals surface area contributed by atoms with Gasteiger partial charge in [-0.2, -0.15) is 0 Å². The Morgan fingerprint density at radius 3 is 2.42 bits per heavy atom. The number of rotatable bonds is 4. The number of carbonyl (C=O) groups is 1. The third kappa shape index (κ3) is 3.74. The Morgan fingerprint density at radius 1 is 1.00 bits per heavy atom. The number of allylic oxidation sites excluding steroid dienone is 1. The molecule has 0 spiro atoms. The SMILES string of the molecule is O=C(/C=C/Nc1cccc(F)c1)c1ccc(F)cc1. The molecule has 0 amide bonds. The summed E-state index contributed by atoms with van der Waals surface area (Å²) in [5.74, 6) is -1.01. The summed E-state index contributed by atoms with van der Waals surface area (Å²) >= 11 is 0. The average molecular weight is 259 g/mol. The highest BCUT2D eigenvalue weighted by atomic mass is 19.1. The van der Waals surface area contributed by atoms with Gasteiger partial charge in [0.2, 0.25) is 0 Å². The molecule has 2 aromatic rings. The monoisotopic (exact) mass is 259 g/mol. The van der Waals surface area contributed by atoms with Crippen molar-refractivity contribution in [3.63, 3.8) is 0 Å². The van der Waals surface area contributed by atoms with E-state index in [1.807, 2.05) is 0 Å². The number of carbonyl (C=O) groups excluding carboxylic acids is 1. The maximum atomic E-state index is 12.9. The van der Waals surface area contributed by atoms with Gasteiger partial charge < -0.3 is 5.32 Å². The Kier molecular flexibility index (Phi) is 4.03. The van der Waals surface area contributed by atoms with Crippen LogP contribution in [0, 0.1) is 11.6 Å². The lowest BCUT2D eigenvalue weighted by atomic mass is 10.1. The van der Waals surface area contributed by atoms with E-state index in [4.69, 9.17) is 0 Å². The maximum absolute atomic E-state index is 12.9. The van der Waals surface area contributed by atoms with Gasteiger partial charge in [0, 0.05) is 23.5 Å². The fraction of sp³-hybridized carbons (Fsp3) is 0. The van der Waals surface area contributed by atoms with Crippen LogP contribution in [0.4, 0.5) is 14.5 Å². The quantitative estimate of drug-likeness (QED) is 0.669. The Labute approximate surface area is 109 Å². The third-order valence-corrected chi connectivity index (χ3v) is 2.44. The summed E-state index contributed by atoms with van der Waals surface area (Å²) in [4.78, 5) is 11.7. The first-order chi connectivity index (χ1) is 9.15. The van der Waals surface area contributed by atoms with Crippen LogP contribution in [0.5, 0.6) is 0 Å². The van der Waals surface area contributed by atoms with Crippen molar-refractivity contribution in [3.05, 3.63) is 78.0 Å². The molecule has 0 aliphatic heterocycles. The van der Waals surface area contributed by atoms with Crippen LogP contribution in [0.1, 0.15) is 10.4 Å². The first-order valence-corrected chi connectivity index (χ1v) is 5.64. The Hall–Kier alpha value is -2.49. The van der Waals surface area contributed by atoms with Gasteiger partial charge in [-0.3, -0.25) is 4.79 Å². The average Bonchev–Trinajstić information content (AvgIpc) is 2.39. The van der Waals surface area contributed by atoms with Gasteiger partial charge in [-0.15, -0.1) is 0 Å². The highest BCUT2D eigenvalue weighted by Gasteiger charge is 2.01. The molecule has 0 atom stereocenters. The lowest BCUT2D eigenvalue weighted by Gasteiger charge is -2.00. The van der Waals surface area contributed by atoms with Crippen LogP contribution < -0.4 is 5.32 Å². The van der Waals surface area contributed by atoms with Gasteiger partial charge in [0.25, 0.3) is 0 Å². The van der Waals surface area contributed by atoms with Gasteiger partial charge in [0.1, 0.15) is 11.6 Å². The zero-order valence-corrected chi connectivity index (χ0v) is 9.94. The smallest absolute Gasteiger partial charge is 0.187 e. The van der Waals surface area contributed by atoms with Crippen LogP contribution in [0.3, 0.4) is 0 Å². The molecule has 0 heterocycles. The molecule has 0 aliphatic carbocycles. The number of ketones is 1. The minimum Gasteiger partial charge on any atom is -0.361 e. The van der Waals surface area contributed by atoms with Gasteiger partial charge in [0.15, 0.2) is 5.78 Å². The predicted octanol–water partition coefficient (Wildman–Crippen LogP) is 3.77. The second-order valence-corrected chi connectivity index (χ2v) is 3.86. The summed E-state index contributed by atoms with van der Waals surface area (Å²) < 4.78 is 25.6. The number of benzene rings is 2. The molecule has 0 bridgehead atoms. The minimum atomic E-state index is -0.390. The van der Waals surface area contributed by atoms with E-state index in [-0.39, 0.29) is 11.6 Å². The van der Waals surface area contributed by atoms with Gasteiger partial charge in [0.05, 0.1) is 0 Å². The van der Waals surface area contributed by atoms with Crippen molar-refractivity contribution in [2.45, 2.75) is 0 Å². The van der Waals surface area contributed by atoms with Gasteiger partial charge in [-0.1, -0.05) is 6.07 Å². The summed E-state index contributed by atoms with van der Waals surface area (Å²) in [5.41, 5.74) is 0.932. The van der Waals surface area contributed by atoms with E-state index in [0.29, 0.717) is 11.3 Å². The van der Waals surface area contributed by atoms with Crippen LogP contribution in [0.15, 0.2) is 60.8 Å². The largest absolute Gasteiger partial charge is 0.361 e. The summed E-state index contributed by atoms with van der Waals surface area (Å²) in [6.45, 7) is 0. The Balaban J connectivity index is 1.99. The van der Waals surface area contributed by atoms with Gasteiger partial charge in [-0.05, 0) is 42.5 Å². The topological polar surface area (TPSA) is 29.1 Å². The second kappa shape index (κ2) is 5.91. The number of hydrogen-bond acceptors (Lipinski definition) is 2. The highest BCUT2D eigenvalue weighted by molar-refractivity contribution is 6.04. The molecule has 0 radical (unpaired) electrons. The molecule has 0 unspecified atom stereocenters. The fourth-order valence-corrected chi connectivity index (χ4v) is 1.50. The number of nitrogens with one attached hydrogen (secondary N) is 1. The van der Waals surface area contributed by atoms with Crippen LogP contribution in [-0.2, 0) is 0 Å². The standard InChI is InChI=1S/C15H11F2NO/c16-12-6-4-11(5-7-12)15(19)8-9-18-14-3-1-2-13(17)10-14/h1-10,18H/b9-8+. The molecule has 0 fully saturated rings. The van der Waals surface area contributed by atoms with Crippen molar-refractivity contribution in [1.29, 1.82) is 0 Å². The van der Waals surface area contributed by atoms with Crippen LogP contribution in [-0.4, -0.2) is 5.78 Å². The fourth-order valence-electron chi connectivity index (χ4n) is 1.50. The van der Waals surface area contributed by atoms with E-state index in [9.17, 15) is 13.6 Å². The van der Waals surface area contributed by atoms with E-state index in [1.54, 1.807) is 12.1 Å². The van der Waals surface area contributed by atoms with Crippen LogP contribution >= 0.6 is 0 Å². The predicted molar refractivity (Wildman–Crippen MR) is 69.9 cm³/mol. The van der Waals surface area contributed by atoms with Crippen LogP contribution in [0.25, 0.3) is 0 Å². The van der Waals surface area contributed by atoms with E-state index in [1.165, 1.54) is 48.7 Å². The molecule has 19 heavy (non-hydrogen) atoms. The molecule has 0 aromatic heterocycles. The Bertz CT molecular complexity index is 606. The zero-order valence-electron chi connectivity index (χ0n) is 9.94. The van der Waals surface area contributed by atoms with E-state index in [2.05, 4.69) is 5.32 Å². The molecule has 2 rings (SSSR count). The Morgan fingerprint density at radius 2 is 1.74 bits per heavy atom. The van der Waals surface area contributed by atoms with Crippen molar-refractivity contribution in [1.82, 2.24) is 0 Å². The number of halogens is 2. The molecule has 0 aliphatic rings. The summed E-state index contributed by atoms with van der Waals surface area (Å²) in [5, 5.41) is 2.78. The molecule has 0 saturated carbocycles. The normalized spacial score (nSPS) is 10.6. The van der Waals surface area contributed by atoms with Crippen LogP contribution in [0.2, 0.25) is 0 Å². The second-order valence-electron chi connectivity index (χ2n) is 3.86. The first-order valence-electron chi connectivity index (χ1n) is 5.64.